The number of anilines is 3. The van der Waals surface area contributed by atoms with Gasteiger partial charge >= 0.3 is 0 Å². The maximum Gasteiger partial charge on any atom is 0.257 e. The minimum atomic E-state index is -3.60. The average molecular weight is 427 g/mol. The Hall–Kier alpha value is -3.66. The topological polar surface area (TPSA) is 122 Å². The second-order valence-corrected chi connectivity index (χ2v) is 8.45. The number of carbonyl (C=O) groups excluding carboxylic acids is 2. The van der Waals surface area contributed by atoms with E-state index in [1.165, 1.54) is 25.1 Å². The molecule has 1 aromatic heterocycles. The highest BCUT2D eigenvalue weighted by atomic mass is 32.2. The molecule has 0 bridgehead atoms. The lowest BCUT2D eigenvalue weighted by Crippen LogP contribution is -2.18. The summed E-state index contributed by atoms with van der Waals surface area (Å²) in [4.78, 5) is 28.3. The van der Waals surface area contributed by atoms with Crippen molar-refractivity contribution >= 4 is 38.9 Å². The van der Waals surface area contributed by atoms with Gasteiger partial charge in [-0.2, -0.15) is 0 Å². The summed E-state index contributed by atoms with van der Waals surface area (Å²) in [5.41, 5.74) is 2.06. The number of rotatable bonds is 7. The van der Waals surface area contributed by atoms with E-state index in [0.717, 1.165) is 11.8 Å². The molecule has 0 aliphatic carbocycles. The van der Waals surface area contributed by atoms with Gasteiger partial charge < -0.3 is 15.2 Å². The van der Waals surface area contributed by atoms with Crippen LogP contribution in [0.1, 0.15) is 22.8 Å². The highest BCUT2D eigenvalue weighted by Crippen LogP contribution is 2.23. The maximum atomic E-state index is 12.9. The number of benzene rings is 2. The zero-order chi connectivity index (χ0) is 21.7. The van der Waals surface area contributed by atoms with Gasteiger partial charge in [-0.25, -0.2) is 13.4 Å². The van der Waals surface area contributed by atoms with Crippen LogP contribution >= 0.6 is 0 Å². The van der Waals surface area contributed by atoms with Gasteiger partial charge in [-0.1, -0.05) is 12.1 Å². The van der Waals surface area contributed by atoms with Crippen LogP contribution in [-0.2, 0) is 21.4 Å². The predicted octanol–water partition coefficient (Wildman–Crippen LogP) is 2.51. The molecule has 2 amide bonds. The van der Waals surface area contributed by atoms with E-state index in [1.54, 1.807) is 18.6 Å². The van der Waals surface area contributed by atoms with Gasteiger partial charge in [-0.15, -0.1) is 0 Å². The van der Waals surface area contributed by atoms with Crippen LogP contribution in [0.2, 0.25) is 0 Å². The van der Waals surface area contributed by atoms with Crippen molar-refractivity contribution < 1.29 is 18.0 Å². The summed E-state index contributed by atoms with van der Waals surface area (Å²) in [6.07, 6.45) is 6.21. The van der Waals surface area contributed by atoms with E-state index in [9.17, 15) is 18.0 Å². The first kappa shape index (κ1) is 21.1. The Bertz CT molecular complexity index is 1170. The van der Waals surface area contributed by atoms with Gasteiger partial charge in [0.2, 0.25) is 15.9 Å². The average Bonchev–Trinajstić information content (AvgIpc) is 3.14. The van der Waals surface area contributed by atoms with E-state index in [0.29, 0.717) is 17.9 Å². The quantitative estimate of drug-likeness (QED) is 0.535. The highest BCUT2D eigenvalue weighted by molar-refractivity contribution is 7.92. The van der Waals surface area contributed by atoms with Crippen LogP contribution in [0.4, 0.5) is 17.1 Å². The van der Waals surface area contributed by atoms with E-state index >= 15 is 0 Å². The smallest absolute Gasteiger partial charge is 0.257 e. The lowest BCUT2D eigenvalue weighted by Gasteiger charge is -2.14. The zero-order valence-electron chi connectivity index (χ0n) is 16.4. The molecule has 0 saturated carbocycles. The molecule has 10 heteroatoms. The molecule has 0 atom stereocenters. The van der Waals surface area contributed by atoms with Crippen molar-refractivity contribution in [2.24, 2.45) is 0 Å². The summed E-state index contributed by atoms with van der Waals surface area (Å²) in [6, 6.07) is 11.6. The molecule has 0 saturated heterocycles. The summed E-state index contributed by atoms with van der Waals surface area (Å²) in [5.74, 6) is -0.828. The third-order valence-corrected chi connectivity index (χ3v) is 4.58. The first-order valence-electron chi connectivity index (χ1n) is 8.95. The fraction of sp³-hybridized carbons (Fsp3) is 0.150. The summed E-state index contributed by atoms with van der Waals surface area (Å²) < 4.78 is 27.6. The molecule has 0 spiro atoms. The molecule has 0 unspecified atom stereocenters. The van der Waals surface area contributed by atoms with Crippen molar-refractivity contribution in [3.63, 3.8) is 0 Å². The van der Waals surface area contributed by atoms with Crippen molar-refractivity contribution in [2.75, 3.05) is 21.6 Å². The standard InChI is InChI=1S/C20H21N5O4S/c1-14(26)22-17-6-7-19(24-30(2,28)29)18(11-17)20(27)23-16-5-3-4-15(10-16)12-25-9-8-21-13-25/h3-11,13,24H,12H2,1-2H3,(H,22,26)(H,23,27). The van der Waals surface area contributed by atoms with Gasteiger partial charge in [0.15, 0.2) is 0 Å². The van der Waals surface area contributed by atoms with Crippen molar-refractivity contribution in [3.8, 4) is 0 Å². The first-order valence-corrected chi connectivity index (χ1v) is 10.8. The van der Waals surface area contributed by atoms with Crippen molar-refractivity contribution in [1.29, 1.82) is 0 Å². The number of aromatic nitrogens is 2. The van der Waals surface area contributed by atoms with Crippen LogP contribution in [-0.4, -0.2) is 36.0 Å². The maximum absolute atomic E-state index is 12.9. The van der Waals surface area contributed by atoms with E-state index in [-0.39, 0.29) is 17.2 Å². The van der Waals surface area contributed by atoms with Gasteiger partial charge in [-0.05, 0) is 35.9 Å². The van der Waals surface area contributed by atoms with Crippen molar-refractivity contribution in [2.45, 2.75) is 13.5 Å². The van der Waals surface area contributed by atoms with Gasteiger partial charge in [0, 0.05) is 37.2 Å². The fourth-order valence-corrected chi connectivity index (χ4v) is 3.42. The van der Waals surface area contributed by atoms with E-state index in [4.69, 9.17) is 0 Å². The predicted molar refractivity (Wildman–Crippen MR) is 115 cm³/mol. The van der Waals surface area contributed by atoms with E-state index in [1.807, 2.05) is 29.0 Å². The van der Waals surface area contributed by atoms with Crippen LogP contribution in [0.15, 0.2) is 61.2 Å². The molecule has 3 N–H and O–H groups in total. The molecule has 3 rings (SSSR count). The third-order valence-electron chi connectivity index (χ3n) is 3.99. The number of sulfonamides is 1. The molecule has 0 aliphatic rings. The van der Waals surface area contributed by atoms with Crippen molar-refractivity contribution in [3.05, 3.63) is 72.3 Å². The highest BCUT2D eigenvalue weighted by Gasteiger charge is 2.16. The molecule has 9 nitrogen and oxygen atoms in total. The molecular formula is C20H21N5O4S. The summed E-state index contributed by atoms with van der Waals surface area (Å²) >= 11 is 0. The second-order valence-electron chi connectivity index (χ2n) is 6.71. The number of hydrogen-bond acceptors (Lipinski definition) is 5. The number of carbonyl (C=O) groups is 2. The third kappa shape index (κ3) is 5.92. The molecule has 2 aromatic carbocycles. The molecular weight excluding hydrogens is 406 g/mol. The fourth-order valence-electron chi connectivity index (χ4n) is 2.84. The summed E-state index contributed by atoms with van der Waals surface area (Å²) in [5, 5.41) is 5.36. The Morgan fingerprint density at radius 1 is 1.07 bits per heavy atom. The van der Waals surface area contributed by atoms with Gasteiger partial charge in [0.25, 0.3) is 5.91 Å². The molecule has 30 heavy (non-hydrogen) atoms. The van der Waals surface area contributed by atoms with Crippen molar-refractivity contribution in [1.82, 2.24) is 9.55 Å². The molecule has 3 aromatic rings. The Labute approximate surface area is 174 Å². The van der Waals surface area contributed by atoms with Crippen LogP contribution < -0.4 is 15.4 Å². The van der Waals surface area contributed by atoms with E-state index < -0.39 is 15.9 Å². The lowest BCUT2D eigenvalue weighted by atomic mass is 10.1. The van der Waals surface area contributed by atoms with Gasteiger partial charge in [0.1, 0.15) is 0 Å². The number of hydrogen-bond donors (Lipinski definition) is 3. The Morgan fingerprint density at radius 2 is 1.83 bits per heavy atom. The molecule has 0 aliphatic heterocycles. The monoisotopic (exact) mass is 427 g/mol. The second kappa shape index (κ2) is 8.78. The molecule has 1 heterocycles. The van der Waals surface area contributed by atoms with Gasteiger partial charge in [0.05, 0.1) is 23.8 Å². The number of imidazole rings is 1. The normalized spacial score (nSPS) is 11.0. The number of nitrogens with one attached hydrogen (secondary N) is 3. The molecule has 0 radical (unpaired) electrons. The summed E-state index contributed by atoms with van der Waals surface area (Å²) in [6.45, 7) is 1.93. The minimum absolute atomic E-state index is 0.0756. The van der Waals surface area contributed by atoms with Crippen LogP contribution in [0.3, 0.4) is 0 Å². The lowest BCUT2D eigenvalue weighted by molar-refractivity contribution is -0.114. The van der Waals surface area contributed by atoms with Crippen LogP contribution in [0, 0.1) is 0 Å². The van der Waals surface area contributed by atoms with Crippen LogP contribution in [0.25, 0.3) is 0 Å². The number of nitrogens with zero attached hydrogens (tertiary/aromatic N) is 2. The first-order chi connectivity index (χ1) is 14.2. The molecule has 0 fully saturated rings. The number of amides is 2. The Morgan fingerprint density at radius 3 is 2.50 bits per heavy atom. The van der Waals surface area contributed by atoms with Gasteiger partial charge in [-0.3, -0.25) is 14.3 Å². The Kier molecular flexibility index (Phi) is 6.17. The zero-order valence-corrected chi connectivity index (χ0v) is 17.2. The van der Waals surface area contributed by atoms with E-state index in [2.05, 4.69) is 20.3 Å². The molecule has 156 valence electrons. The SMILES string of the molecule is CC(=O)Nc1ccc(NS(C)(=O)=O)c(C(=O)Nc2cccc(Cn3ccnc3)c2)c1. The largest absolute Gasteiger partial charge is 0.333 e. The summed E-state index contributed by atoms with van der Waals surface area (Å²) in [7, 11) is -3.60. The van der Waals surface area contributed by atoms with Crippen LogP contribution in [0.5, 0.6) is 0 Å². The minimum Gasteiger partial charge on any atom is -0.333 e. The Balaban J connectivity index is 1.86.